The summed E-state index contributed by atoms with van der Waals surface area (Å²) in [5.41, 5.74) is 7.52. The third kappa shape index (κ3) is 2.87. The van der Waals surface area contributed by atoms with Gasteiger partial charge < -0.3 is 4.74 Å². The van der Waals surface area contributed by atoms with Gasteiger partial charge in [0.15, 0.2) is 0 Å². The van der Waals surface area contributed by atoms with Crippen LogP contribution in [0.15, 0.2) is 30.3 Å². The normalized spacial score (nSPS) is 12.2. The second-order valence-corrected chi connectivity index (χ2v) is 2.79. The van der Waals surface area contributed by atoms with Crippen LogP contribution in [0.1, 0.15) is 17.3 Å². The van der Waals surface area contributed by atoms with E-state index in [2.05, 4.69) is 0 Å². The van der Waals surface area contributed by atoms with Crippen molar-refractivity contribution in [1.29, 1.82) is 0 Å². The monoisotopic (exact) mass is 178 g/mol. The molecule has 0 bridgehead atoms. The van der Waals surface area contributed by atoms with Crippen LogP contribution in [0, 0.1) is 0 Å². The van der Waals surface area contributed by atoms with E-state index in [1.54, 1.807) is 31.2 Å². The van der Waals surface area contributed by atoms with Crippen LogP contribution in [0.2, 0.25) is 0 Å². The smallest absolute Gasteiger partial charge is 0.338 e. The van der Waals surface area contributed by atoms with Crippen LogP contribution in [0.3, 0.4) is 0 Å². The molecule has 3 nitrogen and oxygen atoms in total. The minimum absolute atomic E-state index is 0.0958. The standard InChI is InChI=1S/C10H12NO2/c1-8(7-11)13-10(12)9-5-3-2-4-6-9/h2-6,8,11H,7H2,1H3. The van der Waals surface area contributed by atoms with E-state index in [1.165, 1.54) is 0 Å². The van der Waals surface area contributed by atoms with E-state index in [0.29, 0.717) is 5.56 Å². The lowest BCUT2D eigenvalue weighted by Crippen LogP contribution is -2.19. The van der Waals surface area contributed by atoms with Gasteiger partial charge in [-0.3, -0.25) is 5.73 Å². The second-order valence-electron chi connectivity index (χ2n) is 2.79. The van der Waals surface area contributed by atoms with E-state index in [1.807, 2.05) is 6.07 Å². The zero-order chi connectivity index (χ0) is 9.68. The Morgan fingerprint density at radius 1 is 1.46 bits per heavy atom. The van der Waals surface area contributed by atoms with Crippen molar-refractivity contribution in [2.45, 2.75) is 13.0 Å². The summed E-state index contributed by atoms with van der Waals surface area (Å²) in [5, 5.41) is 0. The summed E-state index contributed by atoms with van der Waals surface area (Å²) >= 11 is 0. The summed E-state index contributed by atoms with van der Waals surface area (Å²) in [6, 6.07) is 8.78. The first-order valence-corrected chi connectivity index (χ1v) is 4.14. The van der Waals surface area contributed by atoms with Gasteiger partial charge in [0.1, 0.15) is 6.10 Å². The van der Waals surface area contributed by atoms with Gasteiger partial charge in [-0.05, 0) is 19.1 Å². The molecule has 69 valence electrons. The Kier molecular flexibility index (Phi) is 3.46. The molecule has 13 heavy (non-hydrogen) atoms. The maximum Gasteiger partial charge on any atom is 0.338 e. The molecule has 0 fully saturated rings. The van der Waals surface area contributed by atoms with Gasteiger partial charge in [-0.15, -0.1) is 0 Å². The van der Waals surface area contributed by atoms with Crippen LogP contribution in [0.25, 0.3) is 0 Å². The third-order valence-corrected chi connectivity index (χ3v) is 1.61. The molecular formula is C10H12NO2. The van der Waals surface area contributed by atoms with E-state index >= 15 is 0 Å². The van der Waals surface area contributed by atoms with Gasteiger partial charge >= 0.3 is 5.97 Å². The first-order valence-electron chi connectivity index (χ1n) is 4.14. The number of ether oxygens (including phenoxy) is 1. The molecule has 0 aromatic heterocycles. The Hall–Kier alpha value is -1.35. The Bertz CT molecular complexity index is 272. The average Bonchev–Trinajstić information content (AvgIpc) is 2.19. The van der Waals surface area contributed by atoms with Crippen LogP contribution in [-0.2, 0) is 4.74 Å². The SMILES string of the molecule is CC(C[NH])OC(=O)c1ccccc1. The summed E-state index contributed by atoms with van der Waals surface area (Å²) in [6.07, 6.45) is -0.340. The molecule has 0 spiro atoms. The van der Waals surface area contributed by atoms with Crippen molar-refractivity contribution in [3.05, 3.63) is 35.9 Å². The Morgan fingerprint density at radius 3 is 2.62 bits per heavy atom. The highest BCUT2D eigenvalue weighted by molar-refractivity contribution is 5.89. The maximum absolute atomic E-state index is 11.3. The minimum Gasteiger partial charge on any atom is -0.458 e. The van der Waals surface area contributed by atoms with Crippen LogP contribution >= 0.6 is 0 Å². The first-order chi connectivity index (χ1) is 6.24. The topological polar surface area (TPSA) is 50.1 Å². The lowest BCUT2D eigenvalue weighted by atomic mass is 10.2. The van der Waals surface area contributed by atoms with Gasteiger partial charge in [0.2, 0.25) is 0 Å². The molecule has 0 heterocycles. The van der Waals surface area contributed by atoms with Gasteiger partial charge in [-0.25, -0.2) is 4.79 Å². The maximum atomic E-state index is 11.3. The van der Waals surface area contributed by atoms with E-state index < -0.39 is 0 Å². The molecule has 0 aliphatic rings. The van der Waals surface area contributed by atoms with Crippen molar-refractivity contribution >= 4 is 5.97 Å². The Balaban J connectivity index is 2.59. The molecule has 0 saturated heterocycles. The zero-order valence-corrected chi connectivity index (χ0v) is 7.49. The highest BCUT2D eigenvalue weighted by Crippen LogP contribution is 2.02. The molecule has 1 unspecified atom stereocenters. The molecule has 0 aliphatic heterocycles. The number of nitrogens with one attached hydrogen (secondary N) is 1. The van der Waals surface area contributed by atoms with Crippen molar-refractivity contribution < 1.29 is 9.53 Å². The van der Waals surface area contributed by atoms with Crippen molar-refractivity contribution in [1.82, 2.24) is 5.73 Å². The highest BCUT2D eigenvalue weighted by Gasteiger charge is 2.09. The van der Waals surface area contributed by atoms with E-state index in [-0.39, 0.29) is 18.6 Å². The van der Waals surface area contributed by atoms with Gasteiger partial charge in [0, 0.05) is 6.54 Å². The number of rotatable bonds is 3. The van der Waals surface area contributed by atoms with Gasteiger partial charge in [0.25, 0.3) is 0 Å². The van der Waals surface area contributed by atoms with Crippen LogP contribution in [-0.4, -0.2) is 18.6 Å². The first kappa shape index (κ1) is 9.74. The van der Waals surface area contributed by atoms with Crippen molar-refractivity contribution in [3.63, 3.8) is 0 Å². The van der Waals surface area contributed by atoms with Crippen LogP contribution in [0.5, 0.6) is 0 Å². The molecule has 1 aromatic carbocycles. The van der Waals surface area contributed by atoms with Gasteiger partial charge in [-0.1, -0.05) is 18.2 Å². The largest absolute Gasteiger partial charge is 0.458 e. The van der Waals surface area contributed by atoms with Crippen molar-refractivity contribution in [2.24, 2.45) is 0 Å². The Morgan fingerprint density at radius 2 is 2.08 bits per heavy atom. The molecule has 0 amide bonds. The molecule has 1 atom stereocenters. The van der Waals surface area contributed by atoms with Crippen molar-refractivity contribution in [3.8, 4) is 0 Å². The fraction of sp³-hybridized carbons (Fsp3) is 0.300. The molecule has 0 saturated carbocycles. The summed E-state index contributed by atoms with van der Waals surface area (Å²) in [5.74, 6) is -0.361. The molecular weight excluding hydrogens is 166 g/mol. The fourth-order valence-electron chi connectivity index (χ4n) is 0.867. The van der Waals surface area contributed by atoms with E-state index in [4.69, 9.17) is 10.5 Å². The predicted molar refractivity (Wildman–Crippen MR) is 49.3 cm³/mol. The number of hydrogen-bond acceptors (Lipinski definition) is 2. The highest BCUT2D eigenvalue weighted by atomic mass is 16.5. The molecule has 1 radical (unpaired) electrons. The number of esters is 1. The Labute approximate surface area is 77.5 Å². The lowest BCUT2D eigenvalue weighted by Gasteiger charge is -2.09. The van der Waals surface area contributed by atoms with Crippen LogP contribution in [0.4, 0.5) is 0 Å². The van der Waals surface area contributed by atoms with Crippen molar-refractivity contribution in [2.75, 3.05) is 6.54 Å². The lowest BCUT2D eigenvalue weighted by molar-refractivity contribution is 0.0356. The van der Waals surface area contributed by atoms with E-state index in [0.717, 1.165) is 0 Å². The van der Waals surface area contributed by atoms with Crippen LogP contribution < -0.4 is 5.73 Å². The number of carbonyl (C=O) groups excluding carboxylic acids is 1. The average molecular weight is 178 g/mol. The second kappa shape index (κ2) is 4.62. The molecule has 0 aliphatic carbocycles. The number of carbonyl (C=O) groups is 1. The number of hydrogen-bond donors (Lipinski definition) is 0. The summed E-state index contributed by atoms with van der Waals surface area (Å²) in [7, 11) is 0. The molecule has 1 N–H and O–H groups in total. The molecule has 1 aromatic rings. The summed E-state index contributed by atoms with van der Waals surface area (Å²) in [6.45, 7) is 1.80. The summed E-state index contributed by atoms with van der Waals surface area (Å²) < 4.78 is 4.96. The number of benzene rings is 1. The van der Waals surface area contributed by atoms with Gasteiger partial charge in [0.05, 0.1) is 5.56 Å². The quantitative estimate of drug-likeness (QED) is 0.659. The molecule has 3 heteroatoms. The third-order valence-electron chi connectivity index (χ3n) is 1.61. The predicted octanol–water partition coefficient (Wildman–Crippen LogP) is 1.51. The van der Waals surface area contributed by atoms with E-state index in [9.17, 15) is 4.79 Å². The minimum atomic E-state index is -0.361. The zero-order valence-electron chi connectivity index (χ0n) is 7.49. The molecule has 1 rings (SSSR count). The summed E-state index contributed by atoms with van der Waals surface area (Å²) in [4.78, 5) is 11.3. The van der Waals surface area contributed by atoms with Gasteiger partial charge in [-0.2, -0.15) is 0 Å². The fourth-order valence-corrected chi connectivity index (χ4v) is 0.867.